The molecule has 2 rings (SSSR count). The van der Waals surface area contributed by atoms with Crippen molar-refractivity contribution in [2.24, 2.45) is 0 Å². The number of Topliss-reactive ketones (excluding diaryl/α,β-unsaturated/α-hetero) is 1. The van der Waals surface area contributed by atoms with E-state index in [-0.39, 0.29) is 11.8 Å². The second-order valence-corrected chi connectivity index (χ2v) is 4.15. The molecule has 0 unspecified atom stereocenters. The Bertz CT molecular complexity index is 512. The van der Waals surface area contributed by atoms with Gasteiger partial charge in [-0.3, -0.25) is 4.79 Å². The van der Waals surface area contributed by atoms with Crippen LogP contribution in [0, 0.1) is 0 Å². The van der Waals surface area contributed by atoms with Crippen LogP contribution in [0.3, 0.4) is 0 Å². The van der Waals surface area contributed by atoms with Gasteiger partial charge in [0, 0.05) is 18.1 Å². The van der Waals surface area contributed by atoms with Gasteiger partial charge >= 0.3 is 5.97 Å². The van der Waals surface area contributed by atoms with Crippen LogP contribution in [0.25, 0.3) is 5.57 Å². The van der Waals surface area contributed by atoms with E-state index in [1.807, 2.05) is 25.1 Å². The molecule has 0 amide bonds. The maximum Gasteiger partial charge on any atom is 0.330 e. The van der Waals surface area contributed by atoms with E-state index in [1.54, 1.807) is 0 Å². The van der Waals surface area contributed by atoms with Crippen LogP contribution in [0.5, 0.6) is 0 Å². The lowest BCUT2D eigenvalue weighted by atomic mass is 10.0. The van der Waals surface area contributed by atoms with Gasteiger partial charge in [0.25, 0.3) is 0 Å². The van der Waals surface area contributed by atoms with E-state index in [1.165, 1.54) is 13.2 Å². The van der Waals surface area contributed by atoms with E-state index in [0.29, 0.717) is 6.42 Å². The van der Waals surface area contributed by atoms with Crippen molar-refractivity contribution in [3.05, 3.63) is 41.0 Å². The second kappa shape index (κ2) is 4.53. The molecule has 0 spiro atoms. The molecule has 0 aromatic heterocycles. The van der Waals surface area contributed by atoms with Gasteiger partial charge in [-0.05, 0) is 30.0 Å². The molecule has 0 N–H and O–H groups in total. The average Bonchev–Trinajstić information content (AvgIpc) is 2.70. The Hall–Kier alpha value is -1.90. The maximum absolute atomic E-state index is 11.5. The smallest absolute Gasteiger partial charge is 0.330 e. The van der Waals surface area contributed by atoms with Gasteiger partial charge in [0.15, 0.2) is 5.78 Å². The Kier molecular flexibility index (Phi) is 3.09. The summed E-state index contributed by atoms with van der Waals surface area (Å²) in [4.78, 5) is 22.6. The topological polar surface area (TPSA) is 43.4 Å². The summed E-state index contributed by atoms with van der Waals surface area (Å²) in [5, 5.41) is 0. The minimum atomic E-state index is -0.362. The lowest BCUT2D eigenvalue weighted by Crippen LogP contribution is -1.96. The third-order valence-corrected chi connectivity index (χ3v) is 3.02. The Balaban J connectivity index is 2.33. The van der Waals surface area contributed by atoms with Crippen molar-refractivity contribution in [1.82, 2.24) is 0 Å². The summed E-state index contributed by atoms with van der Waals surface area (Å²) >= 11 is 0. The van der Waals surface area contributed by atoms with Crippen molar-refractivity contribution in [2.45, 2.75) is 19.8 Å². The number of benzene rings is 1. The molecule has 3 nitrogen and oxygen atoms in total. The van der Waals surface area contributed by atoms with Crippen LogP contribution < -0.4 is 0 Å². The van der Waals surface area contributed by atoms with Gasteiger partial charge < -0.3 is 4.74 Å². The van der Waals surface area contributed by atoms with Gasteiger partial charge in [-0.15, -0.1) is 0 Å². The molecule has 1 aromatic rings. The summed E-state index contributed by atoms with van der Waals surface area (Å²) in [7, 11) is 1.35. The van der Waals surface area contributed by atoms with Crippen molar-refractivity contribution < 1.29 is 14.3 Å². The Morgan fingerprint density at radius 3 is 2.82 bits per heavy atom. The molecule has 17 heavy (non-hydrogen) atoms. The summed E-state index contributed by atoms with van der Waals surface area (Å²) in [6.07, 6.45) is 2.85. The summed E-state index contributed by atoms with van der Waals surface area (Å²) in [5.74, 6) is -0.153. The SMILES string of the molecule is COC(=O)C=C(C)c1ccc2c(c1)CCC2=O. The molecule has 0 fully saturated rings. The van der Waals surface area contributed by atoms with E-state index >= 15 is 0 Å². The van der Waals surface area contributed by atoms with Crippen LogP contribution in [-0.2, 0) is 16.0 Å². The van der Waals surface area contributed by atoms with Crippen LogP contribution in [-0.4, -0.2) is 18.9 Å². The Labute approximate surface area is 100 Å². The van der Waals surface area contributed by atoms with Crippen LogP contribution in [0.1, 0.15) is 34.8 Å². The highest BCUT2D eigenvalue weighted by Crippen LogP contribution is 2.25. The fourth-order valence-electron chi connectivity index (χ4n) is 2.02. The predicted octanol–water partition coefficient (Wildman–Crippen LogP) is 2.39. The fourth-order valence-corrected chi connectivity index (χ4v) is 2.02. The van der Waals surface area contributed by atoms with E-state index in [2.05, 4.69) is 4.74 Å². The van der Waals surface area contributed by atoms with E-state index < -0.39 is 0 Å². The van der Waals surface area contributed by atoms with Gasteiger partial charge in [0.2, 0.25) is 0 Å². The molecule has 0 aliphatic heterocycles. The van der Waals surface area contributed by atoms with Gasteiger partial charge in [0.05, 0.1) is 7.11 Å². The fraction of sp³-hybridized carbons (Fsp3) is 0.286. The molecule has 0 saturated heterocycles. The molecule has 0 saturated carbocycles. The van der Waals surface area contributed by atoms with Crippen LogP contribution in [0.15, 0.2) is 24.3 Å². The first-order valence-corrected chi connectivity index (χ1v) is 5.54. The highest BCUT2D eigenvalue weighted by atomic mass is 16.5. The van der Waals surface area contributed by atoms with Crippen molar-refractivity contribution in [3.8, 4) is 0 Å². The number of ether oxygens (including phenoxy) is 1. The van der Waals surface area contributed by atoms with Crippen molar-refractivity contribution in [2.75, 3.05) is 7.11 Å². The number of aryl methyl sites for hydroxylation is 1. The lowest BCUT2D eigenvalue weighted by Gasteiger charge is -2.04. The number of hydrogen-bond donors (Lipinski definition) is 0. The standard InChI is InChI=1S/C14H14O3/c1-9(7-14(16)17-2)10-3-5-12-11(8-10)4-6-13(12)15/h3,5,7-8H,4,6H2,1-2H3. The highest BCUT2D eigenvalue weighted by Gasteiger charge is 2.19. The molecule has 0 heterocycles. The largest absolute Gasteiger partial charge is 0.466 e. The summed E-state index contributed by atoms with van der Waals surface area (Å²) < 4.78 is 4.58. The molecule has 1 aliphatic rings. The number of esters is 1. The summed E-state index contributed by atoms with van der Waals surface area (Å²) in [6.45, 7) is 1.86. The second-order valence-electron chi connectivity index (χ2n) is 4.15. The van der Waals surface area contributed by atoms with Crippen molar-refractivity contribution in [1.29, 1.82) is 0 Å². The van der Waals surface area contributed by atoms with Crippen molar-refractivity contribution in [3.63, 3.8) is 0 Å². The number of methoxy groups -OCH3 is 1. The molecule has 88 valence electrons. The molecule has 3 heteroatoms. The number of carbonyl (C=O) groups excluding carboxylic acids is 2. The van der Waals surface area contributed by atoms with Crippen LogP contribution in [0.2, 0.25) is 0 Å². The molecule has 1 aromatic carbocycles. The highest BCUT2D eigenvalue weighted by molar-refractivity contribution is 6.01. The summed E-state index contributed by atoms with van der Waals surface area (Å²) in [5.41, 5.74) is 3.70. The van der Waals surface area contributed by atoms with E-state index in [0.717, 1.165) is 28.7 Å². The first-order chi connectivity index (χ1) is 8.11. The van der Waals surface area contributed by atoms with Crippen LogP contribution in [0.4, 0.5) is 0 Å². The number of carbonyl (C=O) groups is 2. The molecule has 0 radical (unpaired) electrons. The number of allylic oxidation sites excluding steroid dienone is 1. The van der Waals surface area contributed by atoms with Crippen LogP contribution >= 0.6 is 0 Å². The Morgan fingerprint density at radius 2 is 2.12 bits per heavy atom. The molecule has 0 atom stereocenters. The minimum absolute atomic E-state index is 0.209. The molecular formula is C14H14O3. The average molecular weight is 230 g/mol. The third kappa shape index (κ3) is 2.28. The van der Waals surface area contributed by atoms with Gasteiger partial charge in [-0.1, -0.05) is 18.2 Å². The Morgan fingerprint density at radius 1 is 1.35 bits per heavy atom. The number of fused-ring (bicyclic) bond motifs is 1. The van der Waals surface area contributed by atoms with Gasteiger partial charge in [0.1, 0.15) is 0 Å². The molecule has 1 aliphatic carbocycles. The van der Waals surface area contributed by atoms with Crippen molar-refractivity contribution >= 4 is 17.3 Å². The third-order valence-electron chi connectivity index (χ3n) is 3.02. The zero-order valence-electron chi connectivity index (χ0n) is 9.95. The number of rotatable bonds is 2. The lowest BCUT2D eigenvalue weighted by molar-refractivity contribution is -0.134. The number of ketones is 1. The normalized spacial score (nSPS) is 14.7. The van der Waals surface area contributed by atoms with Gasteiger partial charge in [-0.2, -0.15) is 0 Å². The van der Waals surface area contributed by atoms with Gasteiger partial charge in [-0.25, -0.2) is 4.79 Å². The van der Waals surface area contributed by atoms with E-state index in [4.69, 9.17) is 0 Å². The summed E-state index contributed by atoms with van der Waals surface area (Å²) in [6, 6.07) is 5.69. The number of hydrogen-bond acceptors (Lipinski definition) is 3. The zero-order chi connectivity index (χ0) is 12.4. The maximum atomic E-state index is 11.5. The first-order valence-electron chi connectivity index (χ1n) is 5.54. The first kappa shape index (κ1) is 11.6. The van der Waals surface area contributed by atoms with E-state index in [9.17, 15) is 9.59 Å². The quantitative estimate of drug-likeness (QED) is 0.578. The predicted molar refractivity (Wildman–Crippen MR) is 64.8 cm³/mol. The minimum Gasteiger partial charge on any atom is -0.466 e. The molecule has 0 bridgehead atoms. The zero-order valence-corrected chi connectivity index (χ0v) is 9.95. The molecular weight excluding hydrogens is 216 g/mol. The monoisotopic (exact) mass is 230 g/mol.